The summed E-state index contributed by atoms with van der Waals surface area (Å²) in [5.41, 5.74) is 0. The van der Waals surface area contributed by atoms with Gasteiger partial charge in [0.05, 0.1) is 6.04 Å². The van der Waals surface area contributed by atoms with Gasteiger partial charge in [-0.1, -0.05) is 6.07 Å². The molecule has 0 radical (unpaired) electrons. The summed E-state index contributed by atoms with van der Waals surface area (Å²) in [5, 5.41) is 16.0. The van der Waals surface area contributed by atoms with Crippen LogP contribution >= 0.6 is 11.3 Å². The summed E-state index contributed by atoms with van der Waals surface area (Å²) in [7, 11) is 0. The molecule has 2 aromatic rings. The Balaban J connectivity index is 1.97. The van der Waals surface area contributed by atoms with Gasteiger partial charge in [-0.3, -0.25) is 0 Å². The number of hydrogen-bond acceptors (Lipinski definition) is 4. The first-order chi connectivity index (χ1) is 9.58. The Morgan fingerprint density at radius 3 is 2.80 bits per heavy atom. The van der Waals surface area contributed by atoms with Crippen LogP contribution in [0.2, 0.25) is 0 Å². The van der Waals surface area contributed by atoms with Crippen molar-refractivity contribution in [3.8, 4) is 0 Å². The summed E-state index contributed by atoms with van der Waals surface area (Å²) in [6.07, 6.45) is 3.23. The van der Waals surface area contributed by atoms with Crippen molar-refractivity contribution in [1.29, 1.82) is 0 Å². The number of H-pyrrole nitrogens is 1. The molecule has 20 heavy (non-hydrogen) atoms. The Morgan fingerprint density at radius 2 is 2.25 bits per heavy atom. The Morgan fingerprint density at radius 1 is 1.45 bits per heavy atom. The van der Waals surface area contributed by atoms with E-state index in [4.69, 9.17) is 5.11 Å². The van der Waals surface area contributed by atoms with Crippen molar-refractivity contribution in [1.82, 2.24) is 20.6 Å². The van der Waals surface area contributed by atoms with Crippen LogP contribution in [0.1, 0.15) is 29.7 Å². The van der Waals surface area contributed by atoms with E-state index in [0.717, 1.165) is 0 Å². The predicted octanol–water partition coefficient (Wildman–Crippen LogP) is 1.66. The number of hydrogen-bond donors (Lipinski definition) is 4. The molecular weight excluding hydrogens is 280 g/mol. The molecular formula is C12H14N4O3S. The van der Waals surface area contributed by atoms with Gasteiger partial charge in [-0.2, -0.15) is 0 Å². The molecule has 0 aromatic carbocycles. The van der Waals surface area contributed by atoms with E-state index >= 15 is 0 Å². The first-order valence-electron chi connectivity index (χ1n) is 5.90. The number of nitrogens with zero attached hydrogens (tertiary/aromatic N) is 1. The average molecular weight is 294 g/mol. The first-order valence-corrected chi connectivity index (χ1v) is 6.78. The lowest BCUT2D eigenvalue weighted by Gasteiger charge is -2.16. The Kier molecular flexibility index (Phi) is 4.36. The number of thiophene rings is 1. The van der Waals surface area contributed by atoms with Crippen LogP contribution in [0.15, 0.2) is 29.9 Å². The molecule has 2 unspecified atom stereocenters. The molecule has 8 heteroatoms. The minimum Gasteiger partial charge on any atom is -0.479 e. The highest BCUT2D eigenvalue weighted by Gasteiger charge is 2.23. The topological polar surface area (TPSA) is 107 Å². The normalized spacial score (nSPS) is 13.4. The molecule has 0 fully saturated rings. The highest BCUT2D eigenvalue weighted by atomic mass is 32.1. The number of carbonyl (C=O) groups is 2. The van der Waals surface area contributed by atoms with Crippen molar-refractivity contribution < 1.29 is 14.7 Å². The molecule has 0 aliphatic carbocycles. The minimum absolute atomic E-state index is 0.345. The summed E-state index contributed by atoms with van der Waals surface area (Å²) in [4.78, 5) is 30.5. The molecule has 2 atom stereocenters. The van der Waals surface area contributed by atoms with Crippen molar-refractivity contribution in [2.75, 3.05) is 0 Å². The Hall–Kier alpha value is -2.35. The minimum atomic E-state index is -1.10. The van der Waals surface area contributed by atoms with Gasteiger partial charge in [-0.25, -0.2) is 14.6 Å². The van der Waals surface area contributed by atoms with E-state index in [1.54, 1.807) is 36.8 Å². The summed E-state index contributed by atoms with van der Waals surface area (Å²) in [6.45, 7) is 1.75. The maximum Gasteiger partial charge on any atom is 0.331 e. The SMILES string of the molecule is CC(NC(=O)NC(C(=O)O)c1cccs1)c1ncc[nH]1. The Bertz CT molecular complexity index is 568. The van der Waals surface area contributed by atoms with E-state index in [1.165, 1.54) is 11.3 Å². The summed E-state index contributed by atoms with van der Waals surface area (Å²) < 4.78 is 0. The van der Waals surface area contributed by atoms with Crippen molar-refractivity contribution in [3.63, 3.8) is 0 Å². The standard InChI is InChI=1S/C12H14N4O3S/c1-7(10-13-4-5-14-10)15-12(19)16-9(11(17)18)8-3-2-6-20-8/h2-7,9H,1H3,(H,13,14)(H,17,18)(H2,15,16,19). The van der Waals surface area contributed by atoms with Gasteiger partial charge >= 0.3 is 12.0 Å². The van der Waals surface area contributed by atoms with Crippen molar-refractivity contribution in [3.05, 3.63) is 40.6 Å². The van der Waals surface area contributed by atoms with Crippen LogP contribution in [-0.2, 0) is 4.79 Å². The number of aliphatic carboxylic acids is 1. The molecule has 0 spiro atoms. The van der Waals surface area contributed by atoms with Crippen molar-refractivity contribution in [2.24, 2.45) is 0 Å². The maximum atomic E-state index is 11.8. The third-order valence-corrected chi connectivity index (χ3v) is 3.56. The van der Waals surface area contributed by atoms with Gasteiger partial charge in [0.1, 0.15) is 5.82 Å². The molecule has 4 N–H and O–H groups in total. The van der Waals surface area contributed by atoms with Gasteiger partial charge in [0.15, 0.2) is 6.04 Å². The van der Waals surface area contributed by atoms with E-state index in [0.29, 0.717) is 10.7 Å². The fourth-order valence-electron chi connectivity index (χ4n) is 1.66. The molecule has 0 aliphatic rings. The second-order valence-electron chi connectivity index (χ2n) is 4.10. The highest BCUT2D eigenvalue weighted by Crippen LogP contribution is 2.19. The molecule has 0 saturated heterocycles. The Labute approximate surface area is 119 Å². The van der Waals surface area contributed by atoms with Gasteiger partial charge in [0.25, 0.3) is 0 Å². The van der Waals surface area contributed by atoms with E-state index in [1.807, 2.05) is 0 Å². The monoisotopic (exact) mass is 294 g/mol. The highest BCUT2D eigenvalue weighted by molar-refractivity contribution is 7.10. The number of rotatable bonds is 5. The third kappa shape index (κ3) is 3.35. The quantitative estimate of drug-likeness (QED) is 0.672. The second kappa shape index (κ2) is 6.20. The molecule has 0 saturated carbocycles. The summed E-state index contributed by atoms with van der Waals surface area (Å²) in [6, 6.07) is 1.44. The van der Waals surface area contributed by atoms with Gasteiger partial charge < -0.3 is 20.7 Å². The molecule has 2 aromatic heterocycles. The fraction of sp³-hybridized carbons (Fsp3) is 0.250. The molecule has 0 bridgehead atoms. The van der Waals surface area contributed by atoms with Crippen molar-refractivity contribution >= 4 is 23.3 Å². The van der Waals surface area contributed by atoms with Gasteiger partial charge in [0, 0.05) is 17.3 Å². The van der Waals surface area contributed by atoms with E-state index in [-0.39, 0.29) is 6.04 Å². The summed E-state index contributed by atoms with van der Waals surface area (Å²) >= 11 is 1.28. The molecule has 0 aliphatic heterocycles. The number of amides is 2. The third-order valence-electron chi connectivity index (χ3n) is 2.63. The van der Waals surface area contributed by atoms with Crippen LogP contribution in [0, 0.1) is 0 Å². The van der Waals surface area contributed by atoms with Gasteiger partial charge in [0.2, 0.25) is 0 Å². The number of aromatic nitrogens is 2. The zero-order valence-electron chi connectivity index (χ0n) is 10.7. The second-order valence-corrected chi connectivity index (χ2v) is 5.08. The zero-order valence-corrected chi connectivity index (χ0v) is 11.5. The van der Waals surface area contributed by atoms with Crippen LogP contribution in [0.3, 0.4) is 0 Å². The number of imidazole rings is 1. The lowest BCUT2D eigenvalue weighted by molar-refractivity contribution is -0.139. The molecule has 2 rings (SSSR count). The smallest absolute Gasteiger partial charge is 0.331 e. The van der Waals surface area contributed by atoms with Crippen LogP contribution in [-0.4, -0.2) is 27.1 Å². The fourth-order valence-corrected chi connectivity index (χ4v) is 2.43. The van der Waals surface area contributed by atoms with Crippen LogP contribution in [0.25, 0.3) is 0 Å². The average Bonchev–Trinajstić information content (AvgIpc) is 3.08. The largest absolute Gasteiger partial charge is 0.479 e. The maximum absolute atomic E-state index is 11.8. The lowest BCUT2D eigenvalue weighted by atomic mass is 10.2. The number of carboxylic acids is 1. The number of carbonyl (C=O) groups excluding carboxylic acids is 1. The van der Waals surface area contributed by atoms with Crippen LogP contribution < -0.4 is 10.6 Å². The lowest BCUT2D eigenvalue weighted by Crippen LogP contribution is -2.41. The number of nitrogens with one attached hydrogen (secondary N) is 3. The molecule has 106 valence electrons. The number of urea groups is 1. The van der Waals surface area contributed by atoms with Crippen LogP contribution in [0.4, 0.5) is 4.79 Å². The van der Waals surface area contributed by atoms with E-state index in [2.05, 4.69) is 20.6 Å². The van der Waals surface area contributed by atoms with Gasteiger partial charge in [-0.05, 0) is 18.4 Å². The molecule has 2 amide bonds. The van der Waals surface area contributed by atoms with Gasteiger partial charge in [-0.15, -0.1) is 11.3 Å². The van der Waals surface area contributed by atoms with Crippen molar-refractivity contribution in [2.45, 2.75) is 19.0 Å². The van der Waals surface area contributed by atoms with Crippen LogP contribution in [0.5, 0.6) is 0 Å². The molecule has 7 nitrogen and oxygen atoms in total. The first kappa shape index (κ1) is 14.1. The summed E-state index contributed by atoms with van der Waals surface area (Å²) in [5.74, 6) is -0.503. The number of aromatic amines is 1. The molecule has 2 heterocycles. The van der Waals surface area contributed by atoms with E-state index in [9.17, 15) is 9.59 Å². The predicted molar refractivity (Wildman–Crippen MR) is 73.4 cm³/mol. The zero-order chi connectivity index (χ0) is 14.5. The number of carboxylic acid groups (broad SMARTS) is 1. The van der Waals surface area contributed by atoms with E-state index < -0.39 is 18.0 Å².